The first-order valence-electron chi connectivity index (χ1n) is 5.41. The van der Waals surface area contributed by atoms with Crippen LogP contribution in [-0.4, -0.2) is 46.2 Å². The Kier molecular flexibility index (Phi) is 7.49. The van der Waals surface area contributed by atoms with Crippen molar-refractivity contribution in [3.8, 4) is 0 Å². The van der Waals surface area contributed by atoms with E-state index in [-0.39, 0.29) is 18.9 Å². The minimum atomic E-state index is -1.08. The van der Waals surface area contributed by atoms with Crippen LogP contribution >= 0.6 is 0 Å². The Labute approximate surface area is 99.2 Å². The van der Waals surface area contributed by atoms with Crippen LogP contribution in [0.25, 0.3) is 0 Å². The van der Waals surface area contributed by atoms with Gasteiger partial charge in [-0.25, -0.2) is 4.79 Å². The molecule has 1 saturated heterocycles. The minimum Gasteiger partial charge on any atom is -0.481 e. The number of rotatable bonds is 3. The average Bonchev–Trinajstić information content (AvgIpc) is 2.28. The van der Waals surface area contributed by atoms with Gasteiger partial charge in [0.05, 0.1) is 12.8 Å². The number of nitrogens with zero attached hydrogens (tertiary/aromatic N) is 1. The Morgan fingerprint density at radius 2 is 1.35 bits per heavy atom. The normalized spacial score (nSPS) is 14.5. The Hall–Kier alpha value is -1.79. The van der Waals surface area contributed by atoms with Crippen molar-refractivity contribution in [3.05, 3.63) is 0 Å². The van der Waals surface area contributed by atoms with Crippen LogP contribution < -0.4 is 5.73 Å². The second-order valence-electron chi connectivity index (χ2n) is 3.67. The molecule has 4 N–H and O–H groups in total. The molecule has 17 heavy (non-hydrogen) atoms. The number of urea groups is 1. The third-order valence-electron chi connectivity index (χ3n) is 2.22. The predicted octanol–water partition coefficient (Wildman–Crippen LogP) is 0.487. The fourth-order valence-corrected chi connectivity index (χ4v) is 1.33. The molecule has 0 bridgehead atoms. The molecule has 0 aromatic heterocycles. The Morgan fingerprint density at radius 3 is 1.59 bits per heavy atom. The summed E-state index contributed by atoms with van der Waals surface area (Å²) in [4.78, 5) is 31.5. The highest BCUT2D eigenvalue weighted by molar-refractivity contribution is 5.75. The summed E-state index contributed by atoms with van der Waals surface area (Å²) in [6.45, 7) is 1.71. The number of amides is 2. The van der Waals surface area contributed by atoms with Gasteiger partial charge in [-0.15, -0.1) is 0 Å². The molecule has 1 fully saturated rings. The van der Waals surface area contributed by atoms with Crippen molar-refractivity contribution in [2.45, 2.75) is 32.1 Å². The molecule has 98 valence electrons. The molecule has 0 aromatic rings. The van der Waals surface area contributed by atoms with Crippen LogP contribution in [0, 0.1) is 0 Å². The van der Waals surface area contributed by atoms with Crippen molar-refractivity contribution >= 4 is 18.0 Å². The van der Waals surface area contributed by atoms with Crippen molar-refractivity contribution in [2.75, 3.05) is 13.1 Å². The number of hydrogen-bond donors (Lipinski definition) is 3. The van der Waals surface area contributed by atoms with E-state index in [9.17, 15) is 14.4 Å². The molecular formula is C10H18N2O5. The smallest absolute Gasteiger partial charge is 0.314 e. The Morgan fingerprint density at radius 1 is 0.941 bits per heavy atom. The summed E-state index contributed by atoms with van der Waals surface area (Å²) < 4.78 is 0. The van der Waals surface area contributed by atoms with Crippen LogP contribution in [0.15, 0.2) is 0 Å². The zero-order chi connectivity index (χ0) is 13.3. The number of carbonyl (C=O) groups excluding carboxylic acids is 1. The van der Waals surface area contributed by atoms with E-state index in [2.05, 4.69) is 0 Å². The highest BCUT2D eigenvalue weighted by atomic mass is 16.4. The zero-order valence-corrected chi connectivity index (χ0v) is 9.59. The zero-order valence-electron chi connectivity index (χ0n) is 9.59. The monoisotopic (exact) mass is 246 g/mol. The number of likely N-dealkylation sites (tertiary alicyclic amines) is 1. The summed E-state index contributed by atoms with van der Waals surface area (Å²) in [5.74, 6) is -2.15. The van der Waals surface area contributed by atoms with E-state index in [1.807, 2.05) is 0 Å². The summed E-state index contributed by atoms with van der Waals surface area (Å²) in [6.07, 6.45) is 2.88. The van der Waals surface area contributed by atoms with Crippen molar-refractivity contribution < 1.29 is 24.6 Å². The molecule has 1 aliphatic heterocycles. The minimum absolute atomic E-state index is 0.269. The summed E-state index contributed by atoms with van der Waals surface area (Å²) in [5, 5.41) is 15.8. The molecule has 1 rings (SSSR count). The number of carboxylic acids is 2. The largest absolute Gasteiger partial charge is 0.481 e. The average molecular weight is 246 g/mol. The number of nitrogens with two attached hydrogens (primary N) is 1. The summed E-state index contributed by atoms with van der Waals surface area (Å²) >= 11 is 0. The third kappa shape index (κ3) is 9.16. The van der Waals surface area contributed by atoms with Gasteiger partial charge in [-0.05, 0) is 19.3 Å². The first-order valence-corrected chi connectivity index (χ1v) is 5.41. The molecule has 0 spiro atoms. The molecule has 0 aliphatic carbocycles. The fraction of sp³-hybridized carbons (Fsp3) is 0.700. The van der Waals surface area contributed by atoms with E-state index in [1.54, 1.807) is 4.90 Å². The lowest BCUT2D eigenvalue weighted by Gasteiger charge is -2.24. The quantitative estimate of drug-likeness (QED) is 0.669. The second kappa shape index (κ2) is 8.37. The summed E-state index contributed by atoms with van der Waals surface area (Å²) in [6, 6.07) is -0.269. The number of piperidine rings is 1. The van der Waals surface area contributed by atoms with Gasteiger partial charge in [-0.2, -0.15) is 0 Å². The Bertz CT molecular complexity index is 260. The molecular weight excluding hydrogens is 228 g/mol. The van der Waals surface area contributed by atoms with E-state index >= 15 is 0 Å². The van der Waals surface area contributed by atoms with Gasteiger partial charge in [-0.1, -0.05) is 0 Å². The highest BCUT2D eigenvalue weighted by Gasteiger charge is 2.11. The highest BCUT2D eigenvalue weighted by Crippen LogP contribution is 2.07. The Balaban J connectivity index is 0.000000304. The van der Waals surface area contributed by atoms with Crippen molar-refractivity contribution in [3.63, 3.8) is 0 Å². The van der Waals surface area contributed by atoms with Crippen molar-refractivity contribution in [1.82, 2.24) is 4.90 Å². The summed E-state index contributed by atoms with van der Waals surface area (Å²) in [7, 11) is 0. The summed E-state index contributed by atoms with van der Waals surface area (Å²) in [5.41, 5.74) is 5.05. The van der Waals surface area contributed by atoms with Crippen molar-refractivity contribution in [2.24, 2.45) is 5.73 Å². The van der Waals surface area contributed by atoms with E-state index in [4.69, 9.17) is 15.9 Å². The molecule has 0 radical (unpaired) electrons. The lowest BCUT2D eigenvalue weighted by Crippen LogP contribution is -2.39. The van der Waals surface area contributed by atoms with Gasteiger partial charge < -0.3 is 20.8 Å². The van der Waals surface area contributed by atoms with Crippen molar-refractivity contribution in [1.29, 1.82) is 0 Å². The molecule has 0 unspecified atom stereocenters. The molecule has 0 atom stereocenters. The number of hydrogen-bond acceptors (Lipinski definition) is 3. The second-order valence-corrected chi connectivity index (χ2v) is 3.67. The molecule has 7 nitrogen and oxygen atoms in total. The van der Waals surface area contributed by atoms with Crippen LogP contribution in [0.1, 0.15) is 32.1 Å². The van der Waals surface area contributed by atoms with E-state index in [1.165, 1.54) is 6.42 Å². The van der Waals surface area contributed by atoms with Crippen LogP contribution in [0.2, 0.25) is 0 Å². The lowest BCUT2D eigenvalue weighted by atomic mass is 10.1. The lowest BCUT2D eigenvalue weighted by molar-refractivity contribution is -0.143. The van der Waals surface area contributed by atoms with Crippen LogP contribution in [0.3, 0.4) is 0 Å². The topological polar surface area (TPSA) is 121 Å². The van der Waals surface area contributed by atoms with E-state index in [0.717, 1.165) is 25.9 Å². The van der Waals surface area contributed by atoms with Gasteiger partial charge in [0.1, 0.15) is 0 Å². The SMILES string of the molecule is NC(=O)N1CCCCC1.O=C(O)CCC(=O)O. The van der Waals surface area contributed by atoms with Gasteiger partial charge in [0, 0.05) is 13.1 Å². The maximum atomic E-state index is 10.5. The van der Waals surface area contributed by atoms with Crippen LogP contribution in [0.5, 0.6) is 0 Å². The fourth-order valence-electron chi connectivity index (χ4n) is 1.33. The number of aliphatic carboxylic acids is 2. The predicted molar refractivity (Wildman–Crippen MR) is 59.5 cm³/mol. The van der Waals surface area contributed by atoms with Gasteiger partial charge in [0.15, 0.2) is 0 Å². The van der Waals surface area contributed by atoms with Crippen LogP contribution in [0.4, 0.5) is 4.79 Å². The van der Waals surface area contributed by atoms with Gasteiger partial charge in [0.2, 0.25) is 0 Å². The van der Waals surface area contributed by atoms with Gasteiger partial charge >= 0.3 is 18.0 Å². The molecule has 7 heteroatoms. The molecule has 0 aromatic carbocycles. The molecule has 0 saturated carbocycles. The first kappa shape index (κ1) is 15.2. The number of primary amides is 1. The molecule has 2 amide bonds. The first-order chi connectivity index (χ1) is 7.93. The van der Waals surface area contributed by atoms with E-state index < -0.39 is 11.9 Å². The van der Waals surface area contributed by atoms with Gasteiger partial charge in [0.25, 0.3) is 0 Å². The number of carboxylic acid groups (broad SMARTS) is 2. The molecule has 1 heterocycles. The third-order valence-corrected chi connectivity index (χ3v) is 2.22. The maximum Gasteiger partial charge on any atom is 0.314 e. The maximum absolute atomic E-state index is 10.5. The van der Waals surface area contributed by atoms with Gasteiger partial charge in [-0.3, -0.25) is 9.59 Å². The number of carbonyl (C=O) groups is 3. The van der Waals surface area contributed by atoms with E-state index in [0.29, 0.717) is 0 Å². The molecule has 1 aliphatic rings. The standard InChI is InChI=1S/C6H12N2O.C4H6O4/c7-6(9)8-4-2-1-3-5-8;5-3(6)1-2-4(7)8/h1-5H2,(H2,7,9);1-2H2,(H,5,6)(H,7,8). The van der Waals surface area contributed by atoms with Crippen LogP contribution in [-0.2, 0) is 9.59 Å².